The predicted molar refractivity (Wildman–Crippen MR) is 78.7 cm³/mol. The molecular formula is C16H20N2O2. The first-order valence-corrected chi connectivity index (χ1v) is 7.17. The molecule has 1 aliphatic rings. The van der Waals surface area contributed by atoms with Gasteiger partial charge in [-0.25, -0.2) is 0 Å². The minimum atomic E-state index is 0.0463. The third-order valence-corrected chi connectivity index (χ3v) is 3.87. The molecule has 0 unspecified atom stereocenters. The highest BCUT2D eigenvalue weighted by molar-refractivity contribution is 5.84. The fourth-order valence-corrected chi connectivity index (χ4v) is 2.79. The molecule has 106 valence electrons. The third-order valence-electron chi connectivity index (χ3n) is 3.87. The first-order chi connectivity index (χ1) is 9.74. The summed E-state index contributed by atoms with van der Waals surface area (Å²) in [6, 6.07) is 10.3. The van der Waals surface area contributed by atoms with Crippen molar-refractivity contribution < 1.29 is 9.53 Å². The Morgan fingerprint density at radius 1 is 1.45 bits per heavy atom. The lowest BCUT2D eigenvalue weighted by Crippen LogP contribution is -2.34. The minimum absolute atomic E-state index is 0.0463. The molecule has 4 heteroatoms. The van der Waals surface area contributed by atoms with Gasteiger partial charge in [-0.3, -0.25) is 4.79 Å². The highest BCUT2D eigenvalue weighted by Gasteiger charge is 2.16. The average Bonchev–Trinajstić information content (AvgIpc) is 3.06. The number of aromatic nitrogens is 1. The van der Waals surface area contributed by atoms with Crippen LogP contribution >= 0.6 is 0 Å². The first kappa shape index (κ1) is 13.2. The van der Waals surface area contributed by atoms with Gasteiger partial charge in [0.05, 0.1) is 6.10 Å². The number of fused-ring (bicyclic) bond motifs is 1. The van der Waals surface area contributed by atoms with E-state index in [4.69, 9.17) is 4.74 Å². The summed E-state index contributed by atoms with van der Waals surface area (Å²) in [6.45, 7) is 3.85. The molecule has 1 saturated heterocycles. The minimum Gasteiger partial charge on any atom is -0.376 e. The summed E-state index contributed by atoms with van der Waals surface area (Å²) < 4.78 is 7.57. The number of amides is 1. The molecule has 1 aromatic heterocycles. The molecule has 4 nitrogen and oxygen atoms in total. The van der Waals surface area contributed by atoms with Gasteiger partial charge in [0.2, 0.25) is 5.91 Å². The van der Waals surface area contributed by atoms with Crippen LogP contribution in [0.25, 0.3) is 10.9 Å². The maximum Gasteiger partial charge on any atom is 0.240 e. The maximum absolute atomic E-state index is 12.1. The number of benzene rings is 1. The molecule has 2 aromatic rings. The van der Waals surface area contributed by atoms with E-state index in [1.807, 2.05) is 19.1 Å². The number of aryl methyl sites for hydroxylation is 1. The molecule has 0 bridgehead atoms. The largest absolute Gasteiger partial charge is 0.376 e. The van der Waals surface area contributed by atoms with Gasteiger partial charge in [0.25, 0.3) is 0 Å². The molecule has 0 radical (unpaired) electrons. The van der Waals surface area contributed by atoms with Gasteiger partial charge in [-0.15, -0.1) is 0 Å². The Balaban J connectivity index is 1.66. The third kappa shape index (κ3) is 2.70. The average molecular weight is 272 g/mol. The second-order valence-electron chi connectivity index (χ2n) is 5.37. The van der Waals surface area contributed by atoms with E-state index in [-0.39, 0.29) is 12.0 Å². The molecule has 1 amide bonds. The lowest BCUT2D eigenvalue weighted by atomic mass is 10.2. The molecule has 0 saturated carbocycles. The SMILES string of the molecule is Cc1cc2ccccc2n1CC(=O)NC[C@@H]1CCCO1. The van der Waals surface area contributed by atoms with Crippen LogP contribution in [-0.2, 0) is 16.1 Å². The number of nitrogens with zero attached hydrogens (tertiary/aromatic N) is 1. The van der Waals surface area contributed by atoms with E-state index in [9.17, 15) is 4.79 Å². The van der Waals surface area contributed by atoms with Crippen molar-refractivity contribution in [3.05, 3.63) is 36.0 Å². The van der Waals surface area contributed by atoms with E-state index in [0.29, 0.717) is 13.1 Å². The topological polar surface area (TPSA) is 43.3 Å². The van der Waals surface area contributed by atoms with E-state index < -0.39 is 0 Å². The Morgan fingerprint density at radius 2 is 2.30 bits per heavy atom. The van der Waals surface area contributed by atoms with Crippen LogP contribution in [0.2, 0.25) is 0 Å². The number of carbonyl (C=O) groups is 1. The molecule has 1 aromatic carbocycles. The molecule has 1 fully saturated rings. The van der Waals surface area contributed by atoms with Crippen molar-refractivity contribution in [2.45, 2.75) is 32.4 Å². The summed E-state index contributed by atoms with van der Waals surface area (Å²) in [5.41, 5.74) is 2.22. The van der Waals surface area contributed by atoms with Crippen molar-refractivity contribution in [3.8, 4) is 0 Å². The normalized spacial score (nSPS) is 18.6. The second kappa shape index (κ2) is 5.67. The van der Waals surface area contributed by atoms with Crippen LogP contribution in [0.3, 0.4) is 0 Å². The van der Waals surface area contributed by atoms with Crippen molar-refractivity contribution in [1.82, 2.24) is 9.88 Å². The zero-order valence-electron chi connectivity index (χ0n) is 11.8. The van der Waals surface area contributed by atoms with Crippen molar-refractivity contribution in [2.24, 2.45) is 0 Å². The number of ether oxygens (including phenoxy) is 1. The van der Waals surface area contributed by atoms with Gasteiger partial charge in [-0.1, -0.05) is 18.2 Å². The van der Waals surface area contributed by atoms with Crippen LogP contribution in [0, 0.1) is 6.92 Å². The Kier molecular flexibility index (Phi) is 3.74. The lowest BCUT2D eigenvalue weighted by molar-refractivity contribution is -0.122. The summed E-state index contributed by atoms with van der Waals surface area (Å²) in [4.78, 5) is 12.1. The number of hydrogen-bond acceptors (Lipinski definition) is 2. The Morgan fingerprint density at radius 3 is 3.10 bits per heavy atom. The second-order valence-corrected chi connectivity index (χ2v) is 5.37. The lowest BCUT2D eigenvalue weighted by Gasteiger charge is -2.12. The summed E-state index contributed by atoms with van der Waals surface area (Å²) in [6.07, 6.45) is 2.34. The van der Waals surface area contributed by atoms with E-state index >= 15 is 0 Å². The maximum atomic E-state index is 12.1. The highest BCUT2D eigenvalue weighted by atomic mass is 16.5. The number of nitrogens with one attached hydrogen (secondary N) is 1. The standard InChI is InChI=1S/C16H20N2O2/c1-12-9-13-5-2-3-7-15(13)18(12)11-16(19)17-10-14-6-4-8-20-14/h2-3,5,7,9,14H,4,6,8,10-11H2,1H3,(H,17,19)/t14-/m0/s1. The van der Waals surface area contributed by atoms with Crippen LogP contribution in [0.1, 0.15) is 18.5 Å². The van der Waals surface area contributed by atoms with Gasteiger partial charge < -0.3 is 14.6 Å². The molecule has 3 rings (SSSR count). The zero-order valence-corrected chi connectivity index (χ0v) is 11.8. The number of rotatable bonds is 4. The van der Waals surface area contributed by atoms with Crippen molar-refractivity contribution in [3.63, 3.8) is 0 Å². The molecule has 2 heterocycles. The Hall–Kier alpha value is -1.81. The van der Waals surface area contributed by atoms with Gasteiger partial charge in [-0.2, -0.15) is 0 Å². The predicted octanol–water partition coefficient (Wildman–Crippen LogP) is 2.24. The Bertz CT molecular complexity index is 612. The van der Waals surface area contributed by atoms with Crippen molar-refractivity contribution >= 4 is 16.8 Å². The number of carbonyl (C=O) groups excluding carboxylic acids is 1. The van der Waals surface area contributed by atoms with Crippen molar-refractivity contribution in [2.75, 3.05) is 13.2 Å². The monoisotopic (exact) mass is 272 g/mol. The van der Waals surface area contributed by atoms with Gasteiger partial charge >= 0.3 is 0 Å². The molecular weight excluding hydrogens is 252 g/mol. The van der Waals surface area contributed by atoms with Crippen LogP contribution in [-0.4, -0.2) is 29.7 Å². The molecule has 1 atom stereocenters. The van der Waals surface area contributed by atoms with Crippen LogP contribution < -0.4 is 5.32 Å². The summed E-state index contributed by atoms with van der Waals surface area (Å²) in [7, 11) is 0. The highest BCUT2D eigenvalue weighted by Crippen LogP contribution is 2.18. The fourth-order valence-electron chi connectivity index (χ4n) is 2.79. The van der Waals surface area contributed by atoms with E-state index in [0.717, 1.165) is 30.7 Å². The number of para-hydroxylation sites is 1. The first-order valence-electron chi connectivity index (χ1n) is 7.17. The zero-order chi connectivity index (χ0) is 13.9. The molecule has 0 spiro atoms. The summed E-state index contributed by atoms with van der Waals surface area (Å²) >= 11 is 0. The van der Waals surface area contributed by atoms with E-state index in [1.54, 1.807) is 0 Å². The smallest absolute Gasteiger partial charge is 0.240 e. The van der Waals surface area contributed by atoms with Crippen LogP contribution in [0.5, 0.6) is 0 Å². The van der Waals surface area contributed by atoms with Gasteiger partial charge in [0, 0.05) is 24.4 Å². The quantitative estimate of drug-likeness (QED) is 0.927. The van der Waals surface area contributed by atoms with Crippen LogP contribution in [0.4, 0.5) is 0 Å². The molecule has 1 aliphatic heterocycles. The van der Waals surface area contributed by atoms with E-state index in [2.05, 4.69) is 28.1 Å². The Labute approximate surface area is 118 Å². The summed E-state index contributed by atoms with van der Waals surface area (Å²) in [5.74, 6) is 0.0463. The van der Waals surface area contributed by atoms with Crippen molar-refractivity contribution in [1.29, 1.82) is 0 Å². The van der Waals surface area contributed by atoms with E-state index in [1.165, 1.54) is 5.39 Å². The molecule has 20 heavy (non-hydrogen) atoms. The molecule has 0 aliphatic carbocycles. The van der Waals surface area contributed by atoms with Gasteiger partial charge in [-0.05, 0) is 37.3 Å². The van der Waals surface area contributed by atoms with Gasteiger partial charge in [0.15, 0.2) is 0 Å². The van der Waals surface area contributed by atoms with Gasteiger partial charge in [0.1, 0.15) is 6.54 Å². The fraction of sp³-hybridized carbons (Fsp3) is 0.438. The van der Waals surface area contributed by atoms with Crippen LogP contribution in [0.15, 0.2) is 30.3 Å². The number of hydrogen-bond donors (Lipinski definition) is 1. The molecule has 1 N–H and O–H groups in total. The summed E-state index contributed by atoms with van der Waals surface area (Å²) in [5, 5.41) is 4.15.